The molecule has 17 heavy (non-hydrogen) atoms. The number of hydrogen-bond donors (Lipinski definition) is 0. The SMILES string of the molecule is C=C(c1ccccc1)c1ccccc1C(C)=O. The molecule has 0 aromatic heterocycles. The largest absolute Gasteiger partial charge is 0.294 e. The number of carbonyl (C=O) groups excluding carboxylic acids is 1. The quantitative estimate of drug-likeness (QED) is 0.718. The third kappa shape index (κ3) is 2.34. The zero-order valence-electron chi connectivity index (χ0n) is 9.81. The van der Waals surface area contributed by atoms with Gasteiger partial charge in [0, 0.05) is 5.56 Å². The lowest BCUT2D eigenvalue weighted by Crippen LogP contribution is -1.98. The molecule has 0 spiro atoms. The van der Waals surface area contributed by atoms with E-state index in [9.17, 15) is 4.79 Å². The third-order valence-corrected chi connectivity index (χ3v) is 2.75. The minimum Gasteiger partial charge on any atom is -0.294 e. The molecule has 0 heterocycles. The maximum absolute atomic E-state index is 11.6. The van der Waals surface area contributed by atoms with Crippen molar-refractivity contribution in [3.8, 4) is 0 Å². The second kappa shape index (κ2) is 4.79. The molecule has 0 N–H and O–H groups in total. The predicted molar refractivity (Wildman–Crippen MR) is 71.0 cm³/mol. The van der Waals surface area contributed by atoms with Gasteiger partial charge in [-0.1, -0.05) is 61.2 Å². The van der Waals surface area contributed by atoms with Crippen LogP contribution in [0.15, 0.2) is 61.2 Å². The number of benzene rings is 2. The topological polar surface area (TPSA) is 17.1 Å². The lowest BCUT2D eigenvalue weighted by molar-refractivity contribution is 0.101. The first-order chi connectivity index (χ1) is 8.20. The first-order valence-corrected chi connectivity index (χ1v) is 5.55. The second-order valence-electron chi connectivity index (χ2n) is 3.95. The Bertz CT molecular complexity index is 553. The Morgan fingerprint density at radius 3 is 2.00 bits per heavy atom. The van der Waals surface area contributed by atoms with E-state index in [0.29, 0.717) is 0 Å². The second-order valence-corrected chi connectivity index (χ2v) is 3.95. The van der Waals surface area contributed by atoms with Gasteiger partial charge >= 0.3 is 0 Å². The van der Waals surface area contributed by atoms with Crippen molar-refractivity contribution in [1.29, 1.82) is 0 Å². The maximum atomic E-state index is 11.6. The molecular weight excluding hydrogens is 208 g/mol. The average molecular weight is 222 g/mol. The fourth-order valence-electron chi connectivity index (χ4n) is 1.85. The Balaban J connectivity index is 2.48. The van der Waals surface area contributed by atoms with Crippen LogP contribution in [0.1, 0.15) is 28.4 Å². The van der Waals surface area contributed by atoms with Gasteiger partial charge in [-0.3, -0.25) is 4.79 Å². The van der Waals surface area contributed by atoms with Crippen LogP contribution in [0.4, 0.5) is 0 Å². The molecule has 0 bridgehead atoms. The van der Waals surface area contributed by atoms with E-state index in [0.717, 1.165) is 22.3 Å². The minimum atomic E-state index is 0.0673. The van der Waals surface area contributed by atoms with Crippen molar-refractivity contribution in [1.82, 2.24) is 0 Å². The van der Waals surface area contributed by atoms with Crippen molar-refractivity contribution in [3.63, 3.8) is 0 Å². The van der Waals surface area contributed by atoms with Crippen LogP contribution in [0.25, 0.3) is 5.57 Å². The van der Waals surface area contributed by atoms with Gasteiger partial charge in [-0.05, 0) is 23.6 Å². The molecule has 0 aliphatic heterocycles. The van der Waals surface area contributed by atoms with Gasteiger partial charge in [0.05, 0.1) is 0 Å². The summed E-state index contributed by atoms with van der Waals surface area (Å²) in [5.41, 5.74) is 3.56. The first-order valence-electron chi connectivity index (χ1n) is 5.55. The number of rotatable bonds is 3. The van der Waals surface area contributed by atoms with Gasteiger partial charge in [0.2, 0.25) is 0 Å². The highest BCUT2D eigenvalue weighted by molar-refractivity contribution is 6.00. The van der Waals surface area contributed by atoms with Gasteiger partial charge in [0.25, 0.3) is 0 Å². The van der Waals surface area contributed by atoms with Gasteiger partial charge in [-0.2, -0.15) is 0 Å². The van der Waals surface area contributed by atoms with E-state index in [-0.39, 0.29) is 5.78 Å². The van der Waals surface area contributed by atoms with E-state index >= 15 is 0 Å². The van der Waals surface area contributed by atoms with E-state index in [1.165, 1.54) is 0 Å². The third-order valence-electron chi connectivity index (χ3n) is 2.75. The highest BCUT2D eigenvalue weighted by Gasteiger charge is 2.09. The average Bonchev–Trinajstić information content (AvgIpc) is 2.39. The standard InChI is InChI=1S/C16H14O/c1-12(14-8-4-3-5-9-14)15-10-6-7-11-16(15)13(2)17/h3-11H,1H2,2H3. The van der Waals surface area contributed by atoms with Crippen LogP contribution in [-0.2, 0) is 0 Å². The van der Waals surface area contributed by atoms with E-state index in [2.05, 4.69) is 6.58 Å². The van der Waals surface area contributed by atoms with Crippen LogP contribution >= 0.6 is 0 Å². The molecule has 0 aliphatic rings. The molecule has 0 saturated heterocycles. The van der Waals surface area contributed by atoms with E-state index < -0.39 is 0 Å². The molecule has 0 amide bonds. The Morgan fingerprint density at radius 1 is 0.882 bits per heavy atom. The zero-order chi connectivity index (χ0) is 12.3. The van der Waals surface area contributed by atoms with E-state index in [1.807, 2.05) is 54.6 Å². The van der Waals surface area contributed by atoms with Gasteiger partial charge < -0.3 is 0 Å². The van der Waals surface area contributed by atoms with Crippen LogP contribution in [0.2, 0.25) is 0 Å². The number of carbonyl (C=O) groups is 1. The summed E-state index contributed by atoms with van der Waals surface area (Å²) in [7, 11) is 0. The summed E-state index contributed by atoms with van der Waals surface area (Å²) in [6.07, 6.45) is 0. The molecule has 0 unspecified atom stereocenters. The minimum absolute atomic E-state index is 0.0673. The molecule has 84 valence electrons. The molecular formula is C16H14O. The molecule has 0 saturated carbocycles. The first kappa shape index (κ1) is 11.3. The fraction of sp³-hybridized carbons (Fsp3) is 0.0625. The van der Waals surface area contributed by atoms with Gasteiger partial charge in [-0.25, -0.2) is 0 Å². The molecule has 0 aliphatic carbocycles. The summed E-state index contributed by atoms with van der Waals surface area (Å²) in [4.78, 5) is 11.6. The molecule has 2 aromatic rings. The molecule has 1 nitrogen and oxygen atoms in total. The Morgan fingerprint density at radius 2 is 1.41 bits per heavy atom. The predicted octanol–water partition coefficient (Wildman–Crippen LogP) is 3.95. The lowest BCUT2D eigenvalue weighted by atomic mass is 9.94. The number of hydrogen-bond acceptors (Lipinski definition) is 1. The normalized spacial score (nSPS) is 9.94. The fourth-order valence-corrected chi connectivity index (χ4v) is 1.85. The highest BCUT2D eigenvalue weighted by Crippen LogP contribution is 2.24. The van der Waals surface area contributed by atoms with Crippen molar-refractivity contribution >= 4 is 11.4 Å². The monoisotopic (exact) mass is 222 g/mol. The van der Waals surface area contributed by atoms with Gasteiger partial charge in [0.1, 0.15) is 0 Å². The number of ketones is 1. The molecule has 2 aromatic carbocycles. The summed E-state index contributed by atoms with van der Waals surface area (Å²) >= 11 is 0. The Kier molecular flexibility index (Phi) is 3.20. The van der Waals surface area contributed by atoms with Crippen LogP contribution in [0.3, 0.4) is 0 Å². The molecule has 2 rings (SSSR count). The summed E-state index contributed by atoms with van der Waals surface area (Å²) in [5, 5.41) is 0. The highest BCUT2D eigenvalue weighted by atomic mass is 16.1. The van der Waals surface area contributed by atoms with Crippen molar-refractivity contribution < 1.29 is 4.79 Å². The molecule has 0 atom stereocenters. The Hall–Kier alpha value is -2.15. The molecule has 1 heteroatoms. The van der Waals surface area contributed by atoms with Crippen LogP contribution in [0, 0.1) is 0 Å². The van der Waals surface area contributed by atoms with E-state index in [4.69, 9.17) is 0 Å². The van der Waals surface area contributed by atoms with Crippen LogP contribution in [-0.4, -0.2) is 5.78 Å². The van der Waals surface area contributed by atoms with Gasteiger partial charge in [0.15, 0.2) is 5.78 Å². The summed E-state index contributed by atoms with van der Waals surface area (Å²) in [6, 6.07) is 17.5. The molecule has 0 fully saturated rings. The van der Waals surface area contributed by atoms with Crippen molar-refractivity contribution in [2.75, 3.05) is 0 Å². The number of Topliss-reactive ketones (excluding diaryl/α,β-unsaturated/α-hetero) is 1. The Labute approximate surface area is 101 Å². The van der Waals surface area contributed by atoms with Crippen LogP contribution in [0.5, 0.6) is 0 Å². The lowest BCUT2D eigenvalue weighted by Gasteiger charge is -2.10. The van der Waals surface area contributed by atoms with Crippen LogP contribution < -0.4 is 0 Å². The summed E-state index contributed by atoms with van der Waals surface area (Å²) in [6.45, 7) is 5.67. The molecule has 0 radical (unpaired) electrons. The smallest absolute Gasteiger partial charge is 0.160 e. The summed E-state index contributed by atoms with van der Waals surface area (Å²) < 4.78 is 0. The summed E-state index contributed by atoms with van der Waals surface area (Å²) in [5.74, 6) is 0.0673. The van der Waals surface area contributed by atoms with E-state index in [1.54, 1.807) is 6.92 Å². The van der Waals surface area contributed by atoms with Crippen molar-refractivity contribution in [2.24, 2.45) is 0 Å². The maximum Gasteiger partial charge on any atom is 0.160 e. The van der Waals surface area contributed by atoms with Gasteiger partial charge in [-0.15, -0.1) is 0 Å². The zero-order valence-corrected chi connectivity index (χ0v) is 9.81. The van der Waals surface area contributed by atoms with Crippen molar-refractivity contribution in [3.05, 3.63) is 77.9 Å². The van der Waals surface area contributed by atoms with Crippen molar-refractivity contribution in [2.45, 2.75) is 6.92 Å².